The molecule has 4 nitrogen and oxygen atoms in total. The summed E-state index contributed by atoms with van der Waals surface area (Å²) in [6.07, 6.45) is 3.86. The SMILES string of the molecule is C[C@@H]1C[C@@](F)(Cn2ccnn2)CN1C(C)(C)C. The van der Waals surface area contributed by atoms with Gasteiger partial charge in [-0.15, -0.1) is 5.10 Å². The minimum absolute atomic E-state index is 0.00955. The fourth-order valence-electron chi connectivity index (χ4n) is 2.79. The lowest BCUT2D eigenvalue weighted by molar-refractivity contribution is 0.0909. The molecule has 0 N–H and O–H groups in total. The van der Waals surface area contributed by atoms with Gasteiger partial charge >= 0.3 is 0 Å². The van der Waals surface area contributed by atoms with E-state index in [1.807, 2.05) is 0 Å². The van der Waals surface area contributed by atoms with Gasteiger partial charge in [-0.2, -0.15) is 0 Å². The molecule has 0 bridgehead atoms. The predicted octanol–water partition coefficient (Wildman–Crippen LogP) is 1.88. The van der Waals surface area contributed by atoms with Crippen molar-refractivity contribution in [2.24, 2.45) is 0 Å². The fraction of sp³-hybridized carbons (Fsp3) is 0.833. The first-order valence-corrected chi connectivity index (χ1v) is 6.10. The quantitative estimate of drug-likeness (QED) is 0.791. The second-order valence-corrected chi connectivity index (χ2v) is 6.10. The van der Waals surface area contributed by atoms with E-state index in [0.717, 1.165) is 0 Å². The van der Waals surface area contributed by atoms with Gasteiger partial charge in [-0.3, -0.25) is 4.90 Å². The zero-order chi connectivity index (χ0) is 12.7. The molecule has 17 heavy (non-hydrogen) atoms. The largest absolute Gasteiger partial charge is 0.292 e. The van der Waals surface area contributed by atoms with Gasteiger partial charge in [0.25, 0.3) is 0 Å². The van der Waals surface area contributed by atoms with Crippen LogP contribution in [0.3, 0.4) is 0 Å². The van der Waals surface area contributed by atoms with Crippen LogP contribution in [0.4, 0.5) is 4.39 Å². The molecule has 1 aliphatic rings. The third-order valence-electron chi connectivity index (χ3n) is 3.43. The highest BCUT2D eigenvalue weighted by Gasteiger charge is 2.46. The molecule has 1 saturated heterocycles. The number of nitrogens with zero attached hydrogens (tertiary/aromatic N) is 4. The van der Waals surface area contributed by atoms with Gasteiger partial charge in [-0.1, -0.05) is 5.21 Å². The average Bonchev–Trinajstić information content (AvgIpc) is 2.73. The number of aromatic nitrogens is 3. The van der Waals surface area contributed by atoms with Gasteiger partial charge in [0.1, 0.15) is 5.67 Å². The molecule has 2 heterocycles. The van der Waals surface area contributed by atoms with Crippen LogP contribution in [-0.2, 0) is 6.54 Å². The Morgan fingerprint density at radius 1 is 1.47 bits per heavy atom. The summed E-state index contributed by atoms with van der Waals surface area (Å²) in [6.45, 7) is 9.25. The summed E-state index contributed by atoms with van der Waals surface area (Å²) < 4.78 is 16.4. The minimum atomic E-state index is -1.19. The smallest absolute Gasteiger partial charge is 0.144 e. The van der Waals surface area contributed by atoms with Gasteiger partial charge in [0, 0.05) is 24.3 Å². The molecule has 5 heteroatoms. The van der Waals surface area contributed by atoms with E-state index in [4.69, 9.17) is 0 Å². The van der Waals surface area contributed by atoms with E-state index in [9.17, 15) is 4.39 Å². The number of rotatable bonds is 2. The highest BCUT2D eigenvalue weighted by Crippen LogP contribution is 2.36. The average molecular weight is 240 g/mol. The molecule has 1 aromatic rings. The van der Waals surface area contributed by atoms with E-state index in [-0.39, 0.29) is 11.6 Å². The van der Waals surface area contributed by atoms with Crippen LogP contribution in [-0.4, -0.2) is 43.7 Å². The van der Waals surface area contributed by atoms with Crippen molar-refractivity contribution in [3.05, 3.63) is 12.4 Å². The third kappa shape index (κ3) is 2.65. The summed E-state index contributed by atoms with van der Waals surface area (Å²) in [5.74, 6) is 0. The van der Waals surface area contributed by atoms with Crippen molar-refractivity contribution in [3.63, 3.8) is 0 Å². The molecule has 1 fully saturated rings. The minimum Gasteiger partial charge on any atom is -0.292 e. The molecule has 0 unspecified atom stereocenters. The molecule has 2 atom stereocenters. The van der Waals surface area contributed by atoms with Crippen LogP contribution >= 0.6 is 0 Å². The highest BCUT2D eigenvalue weighted by molar-refractivity contribution is 4.99. The van der Waals surface area contributed by atoms with E-state index in [1.165, 1.54) is 0 Å². The molecular formula is C12H21FN4. The zero-order valence-corrected chi connectivity index (χ0v) is 11.0. The van der Waals surface area contributed by atoms with Crippen LogP contribution < -0.4 is 0 Å². The van der Waals surface area contributed by atoms with Crippen LogP contribution in [0, 0.1) is 0 Å². The Kier molecular flexibility index (Phi) is 2.97. The Morgan fingerprint density at radius 3 is 2.65 bits per heavy atom. The molecule has 96 valence electrons. The summed E-state index contributed by atoms with van der Waals surface area (Å²) in [5.41, 5.74) is -1.18. The normalized spacial score (nSPS) is 31.0. The number of alkyl halides is 1. The maximum absolute atomic E-state index is 14.8. The number of hydrogen-bond donors (Lipinski definition) is 0. The second-order valence-electron chi connectivity index (χ2n) is 6.10. The Hall–Kier alpha value is -0.970. The van der Waals surface area contributed by atoms with Crippen molar-refractivity contribution >= 4 is 0 Å². The number of halogens is 1. The first kappa shape index (κ1) is 12.5. The summed E-state index contributed by atoms with van der Waals surface area (Å²) in [7, 11) is 0. The lowest BCUT2D eigenvalue weighted by Gasteiger charge is -2.35. The van der Waals surface area contributed by atoms with E-state index in [0.29, 0.717) is 19.5 Å². The molecule has 0 aromatic carbocycles. The lowest BCUT2D eigenvalue weighted by atomic mass is 10.0. The van der Waals surface area contributed by atoms with Crippen LogP contribution in [0.15, 0.2) is 12.4 Å². The van der Waals surface area contributed by atoms with Gasteiger partial charge < -0.3 is 0 Å². The number of likely N-dealkylation sites (tertiary alicyclic amines) is 1. The van der Waals surface area contributed by atoms with Gasteiger partial charge in [-0.25, -0.2) is 9.07 Å². The maximum Gasteiger partial charge on any atom is 0.144 e. The van der Waals surface area contributed by atoms with E-state index >= 15 is 0 Å². The van der Waals surface area contributed by atoms with Crippen LogP contribution in [0.1, 0.15) is 34.1 Å². The topological polar surface area (TPSA) is 34.0 Å². The van der Waals surface area contributed by atoms with Crippen LogP contribution in [0.5, 0.6) is 0 Å². The van der Waals surface area contributed by atoms with Gasteiger partial charge in [0.05, 0.1) is 12.7 Å². The molecule has 0 saturated carbocycles. The van der Waals surface area contributed by atoms with Crippen molar-refractivity contribution < 1.29 is 4.39 Å². The number of hydrogen-bond acceptors (Lipinski definition) is 3. The van der Waals surface area contributed by atoms with Crippen LogP contribution in [0.2, 0.25) is 0 Å². The highest BCUT2D eigenvalue weighted by atomic mass is 19.1. The van der Waals surface area contributed by atoms with Gasteiger partial charge in [0.15, 0.2) is 0 Å². The molecular weight excluding hydrogens is 219 g/mol. The van der Waals surface area contributed by atoms with Crippen LogP contribution in [0.25, 0.3) is 0 Å². The van der Waals surface area contributed by atoms with Gasteiger partial charge in [0.2, 0.25) is 0 Å². The first-order valence-electron chi connectivity index (χ1n) is 6.10. The standard InChI is InChI=1S/C12H21FN4/c1-10-7-12(13,8-16-6-5-14-15-16)9-17(10)11(2,3)4/h5-6,10H,7-9H2,1-4H3/t10-,12-/m1/s1. The van der Waals surface area contributed by atoms with E-state index in [1.54, 1.807) is 17.1 Å². The third-order valence-corrected chi connectivity index (χ3v) is 3.43. The van der Waals surface area contributed by atoms with Crippen molar-refractivity contribution in [1.29, 1.82) is 0 Å². The maximum atomic E-state index is 14.8. The molecule has 1 aromatic heterocycles. The van der Waals surface area contributed by atoms with E-state index < -0.39 is 5.67 Å². The molecule has 0 radical (unpaired) electrons. The Balaban J connectivity index is 2.09. The summed E-state index contributed by atoms with van der Waals surface area (Å²) >= 11 is 0. The first-order chi connectivity index (χ1) is 7.80. The van der Waals surface area contributed by atoms with E-state index in [2.05, 4.69) is 42.9 Å². The van der Waals surface area contributed by atoms with Crippen molar-refractivity contribution in [2.45, 2.75) is 57.9 Å². The Bertz CT molecular complexity index is 370. The van der Waals surface area contributed by atoms with Crippen molar-refractivity contribution in [2.75, 3.05) is 6.54 Å². The summed E-state index contributed by atoms with van der Waals surface area (Å²) in [5, 5.41) is 7.56. The van der Waals surface area contributed by atoms with Crippen molar-refractivity contribution in [1.82, 2.24) is 19.9 Å². The molecule has 1 aliphatic heterocycles. The molecule has 0 spiro atoms. The molecule has 0 amide bonds. The monoisotopic (exact) mass is 240 g/mol. The summed E-state index contributed by atoms with van der Waals surface area (Å²) in [6, 6.07) is 0.267. The Morgan fingerprint density at radius 2 is 2.18 bits per heavy atom. The Labute approximate surface area is 102 Å². The molecule has 0 aliphatic carbocycles. The molecule has 2 rings (SSSR count). The van der Waals surface area contributed by atoms with Crippen molar-refractivity contribution in [3.8, 4) is 0 Å². The second kappa shape index (κ2) is 4.05. The zero-order valence-electron chi connectivity index (χ0n) is 11.0. The fourth-order valence-corrected chi connectivity index (χ4v) is 2.79. The summed E-state index contributed by atoms with van der Waals surface area (Å²) in [4.78, 5) is 2.23. The van der Waals surface area contributed by atoms with Gasteiger partial charge in [-0.05, 0) is 34.1 Å². The predicted molar refractivity (Wildman–Crippen MR) is 64.4 cm³/mol. The lowest BCUT2D eigenvalue weighted by Crippen LogP contribution is -2.45.